The number of hydrogen-bond acceptors (Lipinski definition) is 5. The second-order valence-corrected chi connectivity index (χ2v) is 5.90. The zero-order valence-electron chi connectivity index (χ0n) is 13.8. The van der Waals surface area contributed by atoms with E-state index in [4.69, 9.17) is 0 Å². The van der Waals surface area contributed by atoms with E-state index in [-0.39, 0.29) is 6.04 Å². The Morgan fingerprint density at radius 1 is 1.04 bits per heavy atom. The SMILES string of the molecule is Cc1ccc(C(O)CNC(C)c2ccc(-n3cnnn3)cc2)cc1. The first-order valence-electron chi connectivity index (χ1n) is 7.95. The molecule has 0 radical (unpaired) electrons. The van der Waals surface area contributed by atoms with Gasteiger partial charge in [0.25, 0.3) is 0 Å². The maximum atomic E-state index is 10.3. The maximum Gasteiger partial charge on any atom is 0.143 e. The van der Waals surface area contributed by atoms with Crippen LogP contribution in [0.15, 0.2) is 54.9 Å². The van der Waals surface area contributed by atoms with E-state index in [9.17, 15) is 5.11 Å². The Balaban J connectivity index is 1.58. The summed E-state index contributed by atoms with van der Waals surface area (Å²) in [4.78, 5) is 0. The van der Waals surface area contributed by atoms with Crippen molar-refractivity contribution in [1.29, 1.82) is 0 Å². The number of nitrogens with zero attached hydrogens (tertiary/aromatic N) is 4. The van der Waals surface area contributed by atoms with Crippen LogP contribution >= 0.6 is 0 Å². The van der Waals surface area contributed by atoms with Crippen LogP contribution in [0.4, 0.5) is 0 Å². The summed E-state index contributed by atoms with van der Waals surface area (Å²) in [5, 5.41) is 24.8. The van der Waals surface area contributed by atoms with Crippen molar-refractivity contribution in [1.82, 2.24) is 25.5 Å². The van der Waals surface area contributed by atoms with Crippen molar-refractivity contribution < 1.29 is 5.11 Å². The highest BCUT2D eigenvalue weighted by Crippen LogP contribution is 2.17. The molecule has 0 saturated carbocycles. The number of aryl methyl sites for hydroxylation is 1. The second kappa shape index (κ2) is 7.33. The van der Waals surface area contributed by atoms with Gasteiger partial charge in [-0.3, -0.25) is 0 Å². The third-order valence-corrected chi connectivity index (χ3v) is 4.09. The van der Waals surface area contributed by atoms with Crippen molar-refractivity contribution in [3.05, 3.63) is 71.5 Å². The van der Waals surface area contributed by atoms with Crippen LogP contribution in [0.3, 0.4) is 0 Å². The lowest BCUT2D eigenvalue weighted by Gasteiger charge is -2.18. The van der Waals surface area contributed by atoms with Gasteiger partial charge in [-0.25, -0.2) is 4.68 Å². The molecule has 3 aromatic rings. The van der Waals surface area contributed by atoms with Gasteiger partial charge in [0, 0.05) is 12.6 Å². The first-order valence-corrected chi connectivity index (χ1v) is 7.95. The normalized spacial score (nSPS) is 13.6. The monoisotopic (exact) mass is 323 g/mol. The van der Waals surface area contributed by atoms with Gasteiger partial charge in [-0.1, -0.05) is 42.0 Å². The molecule has 0 bridgehead atoms. The fraction of sp³-hybridized carbons (Fsp3) is 0.278. The van der Waals surface area contributed by atoms with Crippen molar-refractivity contribution in [3.8, 4) is 5.69 Å². The molecule has 0 saturated heterocycles. The summed E-state index contributed by atoms with van der Waals surface area (Å²) >= 11 is 0. The molecule has 6 nitrogen and oxygen atoms in total. The number of aliphatic hydroxyl groups is 1. The predicted molar refractivity (Wildman–Crippen MR) is 91.7 cm³/mol. The molecule has 2 aromatic carbocycles. The molecule has 0 fully saturated rings. The molecular weight excluding hydrogens is 302 g/mol. The molecule has 3 rings (SSSR count). The molecule has 0 aliphatic carbocycles. The van der Waals surface area contributed by atoms with Crippen LogP contribution in [0.5, 0.6) is 0 Å². The standard InChI is InChI=1S/C18H21N5O/c1-13-3-5-16(6-4-13)18(24)11-19-14(2)15-7-9-17(10-8-15)23-12-20-21-22-23/h3-10,12,14,18-19,24H,11H2,1-2H3. The molecule has 24 heavy (non-hydrogen) atoms. The molecule has 0 spiro atoms. The van der Waals surface area contributed by atoms with Crippen LogP contribution in [0, 0.1) is 6.92 Å². The Kier molecular flexibility index (Phi) is 4.98. The minimum atomic E-state index is -0.520. The van der Waals surface area contributed by atoms with Gasteiger partial charge < -0.3 is 10.4 Å². The molecule has 2 atom stereocenters. The lowest BCUT2D eigenvalue weighted by Crippen LogP contribution is -2.24. The fourth-order valence-corrected chi connectivity index (χ4v) is 2.51. The Bertz CT molecular complexity index is 753. The number of benzene rings is 2. The van der Waals surface area contributed by atoms with Gasteiger partial charge in [0.05, 0.1) is 11.8 Å². The number of aliphatic hydroxyl groups excluding tert-OH is 1. The van der Waals surface area contributed by atoms with Crippen LogP contribution in [-0.4, -0.2) is 31.9 Å². The molecule has 2 N–H and O–H groups in total. The van der Waals surface area contributed by atoms with Gasteiger partial charge in [0.2, 0.25) is 0 Å². The molecule has 6 heteroatoms. The number of rotatable bonds is 6. The van der Waals surface area contributed by atoms with Crippen molar-refractivity contribution >= 4 is 0 Å². The average molecular weight is 323 g/mol. The van der Waals surface area contributed by atoms with E-state index in [1.165, 1.54) is 5.56 Å². The van der Waals surface area contributed by atoms with E-state index in [2.05, 4.69) is 27.8 Å². The van der Waals surface area contributed by atoms with Crippen LogP contribution in [0.1, 0.15) is 35.8 Å². The second-order valence-electron chi connectivity index (χ2n) is 5.90. The third kappa shape index (κ3) is 3.84. The van der Waals surface area contributed by atoms with Gasteiger partial charge in [-0.15, -0.1) is 5.10 Å². The Morgan fingerprint density at radius 3 is 2.33 bits per heavy atom. The van der Waals surface area contributed by atoms with Crippen LogP contribution < -0.4 is 5.32 Å². The van der Waals surface area contributed by atoms with Crippen molar-refractivity contribution in [3.63, 3.8) is 0 Å². The first-order chi connectivity index (χ1) is 11.6. The summed E-state index contributed by atoms with van der Waals surface area (Å²) < 4.78 is 1.61. The van der Waals surface area contributed by atoms with Gasteiger partial charge in [-0.2, -0.15) is 0 Å². The Labute approximate surface area is 141 Å². The number of aromatic nitrogens is 4. The van der Waals surface area contributed by atoms with Crippen molar-refractivity contribution in [2.24, 2.45) is 0 Å². The first kappa shape index (κ1) is 16.3. The van der Waals surface area contributed by atoms with Gasteiger partial charge in [0.15, 0.2) is 0 Å². The third-order valence-electron chi connectivity index (χ3n) is 4.09. The molecule has 0 aliphatic rings. The molecule has 0 aliphatic heterocycles. The highest BCUT2D eigenvalue weighted by Gasteiger charge is 2.11. The van der Waals surface area contributed by atoms with E-state index >= 15 is 0 Å². The Morgan fingerprint density at radius 2 is 1.71 bits per heavy atom. The topological polar surface area (TPSA) is 75.9 Å². The zero-order chi connectivity index (χ0) is 16.9. The number of hydrogen-bond donors (Lipinski definition) is 2. The number of nitrogens with one attached hydrogen (secondary N) is 1. The maximum absolute atomic E-state index is 10.3. The molecule has 2 unspecified atom stereocenters. The predicted octanol–water partition coefficient (Wildman–Crippen LogP) is 2.35. The molecular formula is C18H21N5O. The van der Waals surface area contributed by atoms with E-state index in [0.717, 1.165) is 16.8 Å². The van der Waals surface area contributed by atoms with E-state index in [0.29, 0.717) is 6.54 Å². The van der Waals surface area contributed by atoms with Crippen molar-refractivity contribution in [2.45, 2.75) is 26.0 Å². The van der Waals surface area contributed by atoms with Gasteiger partial charge in [0.1, 0.15) is 6.33 Å². The van der Waals surface area contributed by atoms with Crippen LogP contribution in [0.25, 0.3) is 5.69 Å². The van der Waals surface area contributed by atoms with Crippen LogP contribution in [-0.2, 0) is 0 Å². The fourth-order valence-electron chi connectivity index (χ4n) is 2.51. The summed E-state index contributed by atoms with van der Waals surface area (Å²) in [5.41, 5.74) is 4.17. The smallest absolute Gasteiger partial charge is 0.143 e. The van der Waals surface area contributed by atoms with Crippen LogP contribution in [0.2, 0.25) is 0 Å². The van der Waals surface area contributed by atoms with E-state index in [1.807, 2.05) is 55.5 Å². The minimum absolute atomic E-state index is 0.132. The highest BCUT2D eigenvalue weighted by atomic mass is 16.3. The quantitative estimate of drug-likeness (QED) is 0.728. The van der Waals surface area contributed by atoms with Crippen molar-refractivity contribution in [2.75, 3.05) is 6.54 Å². The lowest BCUT2D eigenvalue weighted by molar-refractivity contribution is 0.171. The summed E-state index contributed by atoms with van der Waals surface area (Å²) in [6.07, 6.45) is 1.04. The molecule has 124 valence electrons. The van der Waals surface area contributed by atoms with Gasteiger partial charge >= 0.3 is 0 Å². The lowest BCUT2D eigenvalue weighted by atomic mass is 10.1. The molecule has 0 amide bonds. The molecule has 1 aromatic heterocycles. The van der Waals surface area contributed by atoms with E-state index in [1.54, 1.807) is 11.0 Å². The largest absolute Gasteiger partial charge is 0.387 e. The van der Waals surface area contributed by atoms with Gasteiger partial charge in [-0.05, 0) is 47.5 Å². The summed E-state index contributed by atoms with van der Waals surface area (Å²) in [5.74, 6) is 0. The average Bonchev–Trinajstić information content (AvgIpc) is 3.15. The number of tetrazole rings is 1. The minimum Gasteiger partial charge on any atom is -0.387 e. The van der Waals surface area contributed by atoms with E-state index < -0.39 is 6.10 Å². The Hall–Kier alpha value is -2.57. The summed E-state index contributed by atoms with van der Waals surface area (Å²) in [6, 6.07) is 16.1. The summed E-state index contributed by atoms with van der Waals surface area (Å²) in [6.45, 7) is 4.61. The zero-order valence-corrected chi connectivity index (χ0v) is 13.8. The summed E-state index contributed by atoms with van der Waals surface area (Å²) in [7, 11) is 0. The molecule has 1 heterocycles. The highest BCUT2D eigenvalue weighted by molar-refractivity contribution is 5.34.